The van der Waals surface area contributed by atoms with Gasteiger partial charge in [0.2, 0.25) is 0 Å². The fraction of sp³-hybridized carbons (Fsp3) is 0.417. The Bertz CT molecular complexity index is 295. The van der Waals surface area contributed by atoms with E-state index in [1.165, 1.54) is 37.9 Å². The Kier molecular flexibility index (Phi) is 3.04. The van der Waals surface area contributed by atoms with E-state index in [4.69, 9.17) is 0 Å². The lowest BCUT2D eigenvalue weighted by Gasteiger charge is -2.25. The normalized spacial score (nSPS) is 18.3. The number of likely N-dealkylation sites (tertiary alicyclic amines) is 1. The number of nitrogens with one attached hydrogen (secondary N) is 1. The van der Waals surface area contributed by atoms with E-state index in [9.17, 15) is 0 Å². The van der Waals surface area contributed by atoms with E-state index in [2.05, 4.69) is 29.1 Å². The first-order valence-corrected chi connectivity index (χ1v) is 5.28. The first-order valence-electron chi connectivity index (χ1n) is 5.28. The van der Waals surface area contributed by atoms with Crippen LogP contribution in [0.3, 0.4) is 0 Å². The van der Waals surface area contributed by atoms with Gasteiger partial charge in [-0.2, -0.15) is 0 Å². The molecule has 2 heteroatoms. The SMILES string of the molecule is C=Cc1cc([CH]N2CCCCC2)c[nH]1. The van der Waals surface area contributed by atoms with Crippen LogP contribution in [-0.2, 0) is 0 Å². The highest BCUT2D eigenvalue weighted by molar-refractivity contribution is 5.44. The molecule has 1 radical (unpaired) electrons. The van der Waals surface area contributed by atoms with Gasteiger partial charge in [0, 0.05) is 11.9 Å². The molecule has 1 aromatic rings. The average Bonchev–Trinajstić information content (AvgIpc) is 2.67. The summed E-state index contributed by atoms with van der Waals surface area (Å²) in [6.45, 7) is 8.38. The van der Waals surface area contributed by atoms with E-state index in [0.29, 0.717) is 0 Å². The molecule has 14 heavy (non-hydrogen) atoms. The zero-order valence-corrected chi connectivity index (χ0v) is 8.50. The summed E-state index contributed by atoms with van der Waals surface area (Å²) in [4.78, 5) is 5.57. The van der Waals surface area contributed by atoms with Crippen LogP contribution >= 0.6 is 0 Å². The van der Waals surface area contributed by atoms with Gasteiger partial charge in [-0.3, -0.25) is 4.90 Å². The van der Waals surface area contributed by atoms with Crippen LogP contribution in [0.4, 0.5) is 0 Å². The van der Waals surface area contributed by atoms with Crippen molar-refractivity contribution in [3.8, 4) is 0 Å². The highest BCUT2D eigenvalue weighted by Gasteiger charge is 2.11. The maximum Gasteiger partial charge on any atom is 0.0561 e. The molecule has 2 heterocycles. The number of piperidine rings is 1. The number of nitrogens with zero attached hydrogens (tertiary/aromatic N) is 1. The van der Waals surface area contributed by atoms with Gasteiger partial charge in [-0.05, 0) is 43.6 Å². The van der Waals surface area contributed by atoms with Crippen molar-refractivity contribution in [2.24, 2.45) is 0 Å². The first-order chi connectivity index (χ1) is 6.88. The zero-order chi connectivity index (χ0) is 9.80. The van der Waals surface area contributed by atoms with E-state index in [1.54, 1.807) is 0 Å². The second kappa shape index (κ2) is 4.47. The smallest absolute Gasteiger partial charge is 0.0561 e. The van der Waals surface area contributed by atoms with Gasteiger partial charge >= 0.3 is 0 Å². The fourth-order valence-corrected chi connectivity index (χ4v) is 1.88. The molecule has 1 fully saturated rings. The van der Waals surface area contributed by atoms with Gasteiger partial charge < -0.3 is 4.98 Å². The lowest BCUT2D eigenvalue weighted by molar-refractivity contribution is 0.285. The van der Waals surface area contributed by atoms with Crippen molar-refractivity contribution in [2.75, 3.05) is 13.1 Å². The van der Waals surface area contributed by atoms with Gasteiger partial charge in [-0.15, -0.1) is 0 Å². The Morgan fingerprint density at radius 3 is 2.71 bits per heavy atom. The van der Waals surface area contributed by atoms with Crippen molar-refractivity contribution in [3.05, 3.63) is 36.6 Å². The van der Waals surface area contributed by atoms with Gasteiger partial charge in [-0.1, -0.05) is 13.0 Å². The summed E-state index contributed by atoms with van der Waals surface area (Å²) in [7, 11) is 0. The summed E-state index contributed by atoms with van der Waals surface area (Å²) in [6.07, 6.45) is 7.92. The number of rotatable bonds is 3. The highest BCUT2D eigenvalue weighted by Crippen LogP contribution is 2.15. The second-order valence-corrected chi connectivity index (χ2v) is 3.82. The van der Waals surface area contributed by atoms with Crippen LogP contribution in [0.25, 0.3) is 6.08 Å². The Morgan fingerprint density at radius 1 is 1.29 bits per heavy atom. The summed E-state index contributed by atoms with van der Waals surface area (Å²) in [5.74, 6) is 0. The molecule has 75 valence electrons. The van der Waals surface area contributed by atoms with Crippen LogP contribution in [0.15, 0.2) is 18.8 Å². The Balaban J connectivity index is 1.92. The molecule has 1 saturated heterocycles. The first kappa shape index (κ1) is 9.53. The second-order valence-electron chi connectivity index (χ2n) is 3.82. The summed E-state index contributed by atoms with van der Waals surface area (Å²) >= 11 is 0. The van der Waals surface area contributed by atoms with Crippen molar-refractivity contribution in [3.63, 3.8) is 0 Å². The van der Waals surface area contributed by atoms with Crippen LogP contribution in [0.5, 0.6) is 0 Å². The number of aromatic nitrogens is 1. The summed E-state index contributed by atoms with van der Waals surface area (Å²) in [5, 5.41) is 0. The third-order valence-corrected chi connectivity index (χ3v) is 2.67. The quantitative estimate of drug-likeness (QED) is 0.774. The lowest BCUT2D eigenvalue weighted by atomic mass is 10.1. The fourth-order valence-electron chi connectivity index (χ4n) is 1.88. The summed E-state index contributed by atoms with van der Waals surface area (Å²) < 4.78 is 0. The third kappa shape index (κ3) is 2.26. The predicted octanol–water partition coefficient (Wildman–Crippen LogP) is 2.65. The van der Waals surface area contributed by atoms with Gasteiger partial charge in [-0.25, -0.2) is 0 Å². The minimum atomic E-state index is 1.09. The maximum atomic E-state index is 3.73. The van der Waals surface area contributed by atoms with Crippen LogP contribution in [-0.4, -0.2) is 23.0 Å². The van der Waals surface area contributed by atoms with Crippen molar-refractivity contribution >= 4 is 6.08 Å². The third-order valence-electron chi connectivity index (χ3n) is 2.67. The van der Waals surface area contributed by atoms with Crippen LogP contribution < -0.4 is 0 Å². The number of hydrogen-bond acceptors (Lipinski definition) is 1. The molecular weight excluding hydrogens is 172 g/mol. The number of hydrogen-bond donors (Lipinski definition) is 1. The van der Waals surface area contributed by atoms with E-state index < -0.39 is 0 Å². The monoisotopic (exact) mass is 189 g/mol. The molecule has 0 atom stereocenters. The van der Waals surface area contributed by atoms with E-state index in [1.807, 2.05) is 12.3 Å². The van der Waals surface area contributed by atoms with Crippen molar-refractivity contribution in [1.82, 2.24) is 9.88 Å². The predicted molar refractivity (Wildman–Crippen MR) is 59.7 cm³/mol. The lowest BCUT2D eigenvalue weighted by Crippen LogP contribution is -2.27. The molecule has 1 aromatic heterocycles. The Hall–Kier alpha value is -1.02. The Labute approximate surface area is 85.6 Å². The topological polar surface area (TPSA) is 19.0 Å². The van der Waals surface area contributed by atoms with Crippen molar-refractivity contribution in [2.45, 2.75) is 19.3 Å². The highest BCUT2D eigenvalue weighted by atomic mass is 15.1. The van der Waals surface area contributed by atoms with Gasteiger partial charge in [0.05, 0.1) is 6.54 Å². The minimum absolute atomic E-state index is 1.09. The zero-order valence-electron chi connectivity index (χ0n) is 8.50. The number of H-pyrrole nitrogens is 1. The van der Waals surface area contributed by atoms with Crippen LogP contribution in [0, 0.1) is 6.54 Å². The van der Waals surface area contributed by atoms with Gasteiger partial charge in [0.1, 0.15) is 0 Å². The molecule has 0 unspecified atom stereocenters. The molecule has 1 aliphatic rings. The molecule has 2 rings (SSSR count). The standard InChI is InChI=1S/C12H17N2/c1-2-12-8-11(9-13-12)10-14-6-4-3-5-7-14/h2,8-10,13H,1,3-7H2. The Morgan fingerprint density at radius 2 is 2.07 bits per heavy atom. The molecule has 0 saturated carbocycles. The molecule has 0 bridgehead atoms. The maximum absolute atomic E-state index is 3.73. The largest absolute Gasteiger partial charge is 0.361 e. The molecule has 0 spiro atoms. The summed E-state index contributed by atoms with van der Waals surface area (Å²) in [6, 6.07) is 2.13. The molecule has 0 amide bonds. The van der Waals surface area contributed by atoms with Crippen molar-refractivity contribution in [1.29, 1.82) is 0 Å². The molecule has 1 aliphatic heterocycles. The minimum Gasteiger partial charge on any atom is -0.361 e. The van der Waals surface area contributed by atoms with E-state index in [0.717, 1.165) is 5.69 Å². The molecule has 0 aliphatic carbocycles. The molecule has 1 N–H and O–H groups in total. The molecular formula is C12H17N2. The van der Waals surface area contributed by atoms with Gasteiger partial charge in [0.25, 0.3) is 0 Å². The van der Waals surface area contributed by atoms with Gasteiger partial charge in [0.15, 0.2) is 0 Å². The molecule has 0 aromatic carbocycles. The van der Waals surface area contributed by atoms with E-state index in [-0.39, 0.29) is 0 Å². The summed E-state index contributed by atoms with van der Waals surface area (Å²) in [5.41, 5.74) is 2.34. The van der Waals surface area contributed by atoms with Crippen LogP contribution in [0.1, 0.15) is 30.5 Å². The van der Waals surface area contributed by atoms with E-state index >= 15 is 0 Å². The number of aromatic amines is 1. The van der Waals surface area contributed by atoms with Crippen LogP contribution in [0.2, 0.25) is 0 Å². The van der Waals surface area contributed by atoms with Crippen molar-refractivity contribution < 1.29 is 0 Å². The molecule has 2 nitrogen and oxygen atoms in total. The average molecular weight is 189 g/mol.